The van der Waals surface area contributed by atoms with Crippen LogP contribution in [0.4, 0.5) is 0 Å². The Morgan fingerprint density at radius 1 is 1.27 bits per heavy atom. The summed E-state index contributed by atoms with van der Waals surface area (Å²) in [5.74, 6) is -0.170. The number of sulfone groups is 1. The van der Waals surface area contributed by atoms with Gasteiger partial charge in [-0.1, -0.05) is 18.6 Å². The molecule has 0 radical (unpaired) electrons. The van der Waals surface area contributed by atoms with Crippen LogP contribution >= 0.6 is 0 Å². The molecule has 0 spiro atoms. The van der Waals surface area contributed by atoms with E-state index in [2.05, 4.69) is 16.4 Å². The van der Waals surface area contributed by atoms with Crippen molar-refractivity contribution in [2.75, 3.05) is 5.75 Å². The van der Waals surface area contributed by atoms with E-state index in [4.69, 9.17) is 0 Å². The third kappa shape index (κ3) is 2.96. The summed E-state index contributed by atoms with van der Waals surface area (Å²) in [5, 5.41) is 4.54. The van der Waals surface area contributed by atoms with Crippen molar-refractivity contribution in [2.24, 2.45) is 0 Å². The maximum absolute atomic E-state index is 12.6. The number of benzene rings is 1. The highest BCUT2D eigenvalue weighted by atomic mass is 32.2. The van der Waals surface area contributed by atoms with E-state index in [-0.39, 0.29) is 11.3 Å². The molecule has 1 amide bonds. The monoisotopic (exact) mass is 372 g/mol. The van der Waals surface area contributed by atoms with Crippen LogP contribution in [0.2, 0.25) is 0 Å². The van der Waals surface area contributed by atoms with E-state index in [0.29, 0.717) is 11.5 Å². The van der Waals surface area contributed by atoms with Crippen molar-refractivity contribution in [1.29, 1.82) is 0 Å². The minimum absolute atomic E-state index is 0.0339. The summed E-state index contributed by atoms with van der Waals surface area (Å²) in [6.45, 7) is 1.75. The molecule has 1 atom stereocenters. The summed E-state index contributed by atoms with van der Waals surface area (Å²) in [6, 6.07) is 5.40. The normalized spacial score (nSPS) is 21.7. The number of pyridine rings is 1. The summed E-state index contributed by atoms with van der Waals surface area (Å²) in [6.07, 6.45) is 5.02. The van der Waals surface area contributed by atoms with Crippen molar-refractivity contribution in [1.82, 2.24) is 10.3 Å². The molecule has 1 fully saturated rings. The number of amides is 1. The second-order valence-corrected chi connectivity index (χ2v) is 9.06. The Kier molecular flexibility index (Phi) is 3.99. The van der Waals surface area contributed by atoms with Crippen LogP contribution in [-0.4, -0.2) is 31.1 Å². The van der Waals surface area contributed by atoms with Gasteiger partial charge < -0.3 is 10.3 Å². The average Bonchev–Trinajstić information content (AvgIpc) is 2.84. The quantitative estimate of drug-likeness (QED) is 0.863. The average molecular weight is 372 g/mol. The predicted molar refractivity (Wildman–Crippen MR) is 100 cm³/mol. The number of hydrogen-bond acceptors (Lipinski definition) is 4. The van der Waals surface area contributed by atoms with E-state index >= 15 is 0 Å². The molecule has 136 valence electrons. The molecule has 0 saturated heterocycles. The molecule has 1 unspecified atom stereocenters. The number of rotatable bonds is 3. The van der Waals surface area contributed by atoms with Crippen LogP contribution in [0.5, 0.6) is 0 Å². The topological polar surface area (TPSA) is 96.1 Å². The predicted octanol–water partition coefficient (Wildman–Crippen LogP) is 2.14. The van der Waals surface area contributed by atoms with Crippen molar-refractivity contribution in [3.63, 3.8) is 0 Å². The number of carbonyl (C=O) groups excluding carboxylic acids is 1. The summed E-state index contributed by atoms with van der Waals surface area (Å²) in [4.78, 5) is 27.9. The maximum atomic E-state index is 12.6. The number of aromatic nitrogens is 1. The standard InChI is InChI=1S/C19H20N2O4S/c1-11-15-6-5-13(12-3-2-4-12)9-16(15)21-19(23)17(11)18(22)20-14-7-8-26(24,25)10-14/h5-9,12,14H,2-4,10H2,1H3,(H,20,22)(H,21,23). The zero-order chi connectivity index (χ0) is 18.5. The Labute approximate surface area is 151 Å². The van der Waals surface area contributed by atoms with Gasteiger partial charge >= 0.3 is 0 Å². The van der Waals surface area contributed by atoms with Crippen molar-refractivity contribution in [3.8, 4) is 0 Å². The lowest BCUT2D eigenvalue weighted by atomic mass is 9.80. The number of fused-ring (bicyclic) bond motifs is 1. The third-order valence-corrected chi connectivity index (χ3v) is 6.74. The molecule has 26 heavy (non-hydrogen) atoms. The van der Waals surface area contributed by atoms with Crippen LogP contribution < -0.4 is 10.9 Å². The number of hydrogen-bond donors (Lipinski definition) is 2. The van der Waals surface area contributed by atoms with E-state index < -0.39 is 27.3 Å². The second-order valence-electron chi connectivity index (χ2n) is 7.12. The van der Waals surface area contributed by atoms with E-state index in [1.165, 1.54) is 30.9 Å². The van der Waals surface area contributed by atoms with E-state index in [1.54, 1.807) is 6.92 Å². The highest BCUT2D eigenvalue weighted by Crippen LogP contribution is 2.37. The zero-order valence-corrected chi connectivity index (χ0v) is 15.2. The Bertz CT molecular complexity index is 1090. The van der Waals surface area contributed by atoms with Gasteiger partial charge in [0.25, 0.3) is 11.5 Å². The van der Waals surface area contributed by atoms with Gasteiger partial charge in [-0.05, 0) is 49.0 Å². The molecule has 1 aliphatic carbocycles. The first-order chi connectivity index (χ1) is 12.3. The molecular weight excluding hydrogens is 352 g/mol. The summed E-state index contributed by atoms with van der Waals surface area (Å²) in [7, 11) is -3.27. The molecule has 6 nitrogen and oxygen atoms in total. The van der Waals surface area contributed by atoms with Crippen molar-refractivity contribution in [2.45, 2.75) is 38.1 Å². The fourth-order valence-electron chi connectivity index (χ4n) is 3.66. The SMILES string of the molecule is Cc1c(C(=O)NC2C=CS(=O)(=O)C2)c(=O)[nH]c2cc(C3CCC3)ccc12. The second kappa shape index (κ2) is 6.09. The van der Waals surface area contributed by atoms with E-state index in [0.717, 1.165) is 16.3 Å². The minimum atomic E-state index is -3.27. The number of carbonyl (C=O) groups is 1. The van der Waals surface area contributed by atoms with Crippen LogP contribution in [0.15, 0.2) is 34.5 Å². The summed E-state index contributed by atoms with van der Waals surface area (Å²) in [5.41, 5.74) is 2.13. The van der Waals surface area contributed by atoms with Gasteiger partial charge in [-0.15, -0.1) is 0 Å². The van der Waals surface area contributed by atoms with Gasteiger partial charge in [0.2, 0.25) is 0 Å². The highest BCUT2D eigenvalue weighted by molar-refractivity contribution is 7.94. The Morgan fingerprint density at radius 3 is 2.65 bits per heavy atom. The largest absolute Gasteiger partial charge is 0.345 e. The molecule has 7 heteroatoms. The molecule has 0 bridgehead atoms. The first-order valence-electron chi connectivity index (χ1n) is 8.72. The van der Waals surface area contributed by atoms with E-state index in [9.17, 15) is 18.0 Å². The van der Waals surface area contributed by atoms with Crippen LogP contribution in [0, 0.1) is 6.92 Å². The Balaban J connectivity index is 1.68. The van der Waals surface area contributed by atoms with Gasteiger partial charge in [-0.3, -0.25) is 9.59 Å². The van der Waals surface area contributed by atoms with Crippen molar-refractivity contribution >= 4 is 26.6 Å². The first-order valence-corrected chi connectivity index (χ1v) is 10.4. The molecular formula is C19H20N2O4S. The number of nitrogens with one attached hydrogen (secondary N) is 2. The highest BCUT2D eigenvalue weighted by Gasteiger charge is 2.26. The molecule has 2 N–H and O–H groups in total. The fraction of sp³-hybridized carbons (Fsp3) is 0.368. The van der Waals surface area contributed by atoms with Gasteiger partial charge in [0.1, 0.15) is 5.56 Å². The van der Waals surface area contributed by atoms with Crippen molar-refractivity contribution < 1.29 is 13.2 Å². The molecule has 4 rings (SSSR count). The molecule has 2 aromatic rings. The number of aromatic amines is 1. The zero-order valence-electron chi connectivity index (χ0n) is 14.4. The Morgan fingerprint density at radius 2 is 2.04 bits per heavy atom. The minimum Gasteiger partial charge on any atom is -0.345 e. The van der Waals surface area contributed by atoms with Gasteiger partial charge in [-0.2, -0.15) is 0 Å². The molecule has 1 aromatic carbocycles. The van der Waals surface area contributed by atoms with Crippen LogP contribution in [0.1, 0.15) is 46.7 Å². The summed E-state index contributed by atoms with van der Waals surface area (Å²) >= 11 is 0. The first kappa shape index (κ1) is 17.0. The van der Waals surface area contributed by atoms with Gasteiger partial charge in [0.15, 0.2) is 9.84 Å². The van der Waals surface area contributed by atoms with Gasteiger partial charge in [0.05, 0.1) is 11.8 Å². The lowest BCUT2D eigenvalue weighted by molar-refractivity contribution is 0.0945. The lowest BCUT2D eigenvalue weighted by Crippen LogP contribution is -2.38. The molecule has 1 saturated carbocycles. The maximum Gasteiger partial charge on any atom is 0.261 e. The van der Waals surface area contributed by atoms with Crippen LogP contribution in [-0.2, 0) is 9.84 Å². The lowest BCUT2D eigenvalue weighted by Gasteiger charge is -2.26. The number of H-pyrrole nitrogens is 1. The van der Waals surface area contributed by atoms with Gasteiger partial charge in [-0.25, -0.2) is 8.42 Å². The van der Waals surface area contributed by atoms with Crippen LogP contribution in [0.25, 0.3) is 10.9 Å². The third-order valence-electron chi connectivity index (χ3n) is 5.35. The number of aryl methyl sites for hydroxylation is 1. The van der Waals surface area contributed by atoms with E-state index in [1.807, 2.05) is 12.1 Å². The van der Waals surface area contributed by atoms with Crippen molar-refractivity contribution in [3.05, 3.63) is 56.7 Å². The van der Waals surface area contributed by atoms with Crippen LogP contribution in [0.3, 0.4) is 0 Å². The smallest absolute Gasteiger partial charge is 0.261 e. The molecule has 2 aliphatic rings. The summed E-state index contributed by atoms with van der Waals surface area (Å²) < 4.78 is 23.0. The Hall–Kier alpha value is -2.41. The molecule has 2 heterocycles. The fourth-order valence-corrected chi connectivity index (χ4v) is 4.89. The van der Waals surface area contributed by atoms with Gasteiger partial charge in [0, 0.05) is 16.3 Å². The molecule has 1 aliphatic heterocycles. The molecule has 1 aromatic heterocycles.